The summed E-state index contributed by atoms with van der Waals surface area (Å²) in [6, 6.07) is 12.9. The van der Waals surface area contributed by atoms with Crippen molar-refractivity contribution in [2.75, 3.05) is 0 Å². The third-order valence-corrected chi connectivity index (χ3v) is 3.77. The molecule has 0 N–H and O–H groups in total. The maximum atomic E-state index is 11.0. The zero-order valence-corrected chi connectivity index (χ0v) is 13.6. The van der Waals surface area contributed by atoms with Gasteiger partial charge in [0.05, 0.1) is 4.47 Å². The molecule has 2 rings (SSSR count). The summed E-state index contributed by atoms with van der Waals surface area (Å²) < 4.78 is 7.40. The molecule has 5 heteroatoms. The van der Waals surface area contributed by atoms with E-state index in [2.05, 4.69) is 31.9 Å². The Hall–Kier alpha value is -0.840. The molecule has 0 saturated carbocycles. The van der Waals surface area contributed by atoms with Crippen LogP contribution in [-0.2, 0) is 6.61 Å². The van der Waals surface area contributed by atoms with Crippen LogP contribution in [0, 0.1) is 0 Å². The molecule has 98 valence electrons. The van der Waals surface area contributed by atoms with Crippen molar-refractivity contribution >= 4 is 48.7 Å². The fraction of sp³-hybridized carbons (Fsp3) is 0.0714. The van der Waals surface area contributed by atoms with Crippen LogP contribution in [-0.4, -0.2) is 5.24 Å². The van der Waals surface area contributed by atoms with Crippen LogP contribution in [0.1, 0.15) is 15.9 Å². The molecule has 0 aliphatic heterocycles. The van der Waals surface area contributed by atoms with E-state index in [0.717, 1.165) is 10.0 Å². The average molecular weight is 404 g/mol. The van der Waals surface area contributed by atoms with Gasteiger partial charge in [-0.05, 0) is 63.4 Å². The second kappa shape index (κ2) is 6.55. The summed E-state index contributed by atoms with van der Waals surface area (Å²) in [7, 11) is 0. The smallest absolute Gasteiger partial charge is 0.252 e. The lowest BCUT2D eigenvalue weighted by Crippen LogP contribution is -1.97. The molecule has 0 saturated heterocycles. The molecule has 0 aliphatic rings. The highest BCUT2D eigenvalue weighted by Gasteiger charge is 2.07. The Kier molecular flexibility index (Phi) is 5.02. The van der Waals surface area contributed by atoms with Gasteiger partial charge in [-0.2, -0.15) is 0 Å². The summed E-state index contributed by atoms with van der Waals surface area (Å²) in [5.74, 6) is 0.668. The molecule has 0 fully saturated rings. The third-order valence-electron chi connectivity index (χ3n) is 2.44. The van der Waals surface area contributed by atoms with Crippen LogP contribution < -0.4 is 4.74 Å². The normalized spacial score (nSPS) is 10.3. The lowest BCUT2D eigenvalue weighted by molar-refractivity contribution is 0.108. The van der Waals surface area contributed by atoms with Crippen molar-refractivity contribution in [1.29, 1.82) is 0 Å². The molecule has 2 nitrogen and oxygen atoms in total. The van der Waals surface area contributed by atoms with Crippen molar-refractivity contribution in [3.63, 3.8) is 0 Å². The van der Waals surface area contributed by atoms with Gasteiger partial charge in [-0.25, -0.2) is 0 Å². The van der Waals surface area contributed by atoms with Gasteiger partial charge in [0, 0.05) is 10.0 Å². The average Bonchev–Trinajstić information content (AvgIpc) is 2.37. The Morgan fingerprint density at radius 1 is 1.16 bits per heavy atom. The number of hydrogen-bond donors (Lipinski definition) is 0. The highest BCUT2D eigenvalue weighted by molar-refractivity contribution is 9.10. The number of ether oxygens (including phenoxy) is 1. The van der Waals surface area contributed by atoms with Crippen molar-refractivity contribution in [2.45, 2.75) is 6.61 Å². The first kappa shape index (κ1) is 14.6. The Morgan fingerprint density at radius 3 is 2.58 bits per heavy atom. The Bertz CT molecular complexity index is 614. The van der Waals surface area contributed by atoms with Crippen molar-refractivity contribution in [1.82, 2.24) is 0 Å². The number of carbonyl (C=O) groups excluding carboxylic acids is 1. The van der Waals surface area contributed by atoms with E-state index in [1.807, 2.05) is 24.3 Å². The predicted molar refractivity (Wildman–Crippen MR) is 82.8 cm³/mol. The van der Waals surface area contributed by atoms with E-state index < -0.39 is 5.24 Å². The summed E-state index contributed by atoms with van der Waals surface area (Å²) in [5, 5.41) is -0.487. The van der Waals surface area contributed by atoms with Crippen LogP contribution in [0.25, 0.3) is 0 Å². The SMILES string of the molecule is O=C(Cl)c1ccc(OCc2cccc(Br)c2)c(Br)c1. The maximum absolute atomic E-state index is 11.0. The van der Waals surface area contributed by atoms with E-state index in [9.17, 15) is 4.79 Å². The molecule has 0 aliphatic carbocycles. The summed E-state index contributed by atoms with van der Waals surface area (Å²) in [6.07, 6.45) is 0. The van der Waals surface area contributed by atoms with Gasteiger partial charge >= 0.3 is 0 Å². The molecule has 0 heterocycles. The van der Waals surface area contributed by atoms with E-state index in [1.165, 1.54) is 0 Å². The molecule has 2 aromatic rings. The molecule has 19 heavy (non-hydrogen) atoms. The summed E-state index contributed by atoms with van der Waals surface area (Å²) in [5.41, 5.74) is 1.49. The quantitative estimate of drug-likeness (QED) is 0.657. The largest absolute Gasteiger partial charge is 0.488 e. The Labute approximate surface area is 133 Å². The van der Waals surface area contributed by atoms with E-state index in [1.54, 1.807) is 18.2 Å². The van der Waals surface area contributed by atoms with Crippen molar-refractivity contribution in [2.24, 2.45) is 0 Å². The van der Waals surface area contributed by atoms with E-state index >= 15 is 0 Å². The second-order valence-electron chi connectivity index (χ2n) is 3.84. The molecule has 0 unspecified atom stereocenters. The van der Waals surface area contributed by atoms with Gasteiger partial charge in [0.2, 0.25) is 0 Å². The van der Waals surface area contributed by atoms with Gasteiger partial charge in [-0.1, -0.05) is 28.1 Å². The van der Waals surface area contributed by atoms with E-state index in [-0.39, 0.29) is 0 Å². The fourth-order valence-electron chi connectivity index (χ4n) is 1.53. The van der Waals surface area contributed by atoms with Crippen LogP contribution in [0.3, 0.4) is 0 Å². The molecule has 0 radical (unpaired) electrons. The highest BCUT2D eigenvalue weighted by Crippen LogP contribution is 2.27. The highest BCUT2D eigenvalue weighted by atomic mass is 79.9. The second-order valence-corrected chi connectivity index (χ2v) is 5.95. The minimum Gasteiger partial charge on any atom is -0.488 e. The Morgan fingerprint density at radius 2 is 1.95 bits per heavy atom. The minimum absolute atomic E-state index is 0.434. The molecular formula is C14H9Br2ClO2. The van der Waals surface area contributed by atoms with Crippen molar-refractivity contribution in [3.05, 3.63) is 62.5 Å². The number of rotatable bonds is 4. The fourth-order valence-corrected chi connectivity index (χ4v) is 2.59. The van der Waals surface area contributed by atoms with Crippen LogP contribution in [0.5, 0.6) is 5.75 Å². The molecule has 0 aromatic heterocycles. The summed E-state index contributed by atoms with van der Waals surface area (Å²) in [4.78, 5) is 11.0. The van der Waals surface area contributed by atoms with E-state index in [4.69, 9.17) is 16.3 Å². The van der Waals surface area contributed by atoms with Crippen LogP contribution in [0.4, 0.5) is 0 Å². The molecule has 0 amide bonds. The van der Waals surface area contributed by atoms with Gasteiger partial charge in [0.15, 0.2) is 0 Å². The van der Waals surface area contributed by atoms with Gasteiger partial charge < -0.3 is 4.74 Å². The zero-order chi connectivity index (χ0) is 13.8. The van der Waals surface area contributed by atoms with Crippen molar-refractivity contribution < 1.29 is 9.53 Å². The molecule has 0 bridgehead atoms. The third kappa shape index (κ3) is 4.06. The van der Waals surface area contributed by atoms with Crippen LogP contribution in [0.2, 0.25) is 0 Å². The molecule has 2 aromatic carbocycles. The first-order valence-corrected chi connectivity index (χ1v) is 7.39. The van der Waals surface area contributed by atoms with Gasteiger partial charge in [-0.3, -0.25) is 4.79 Å². The Balaban J connectivity index is 2.10. The standard InChI is InChI=1S/C14H9Br2ClO2/c15-11-3-1-2-9(6-11)8-19-13-5-4-10(14(17)18)7-12(13)16/h1-7H,8H2. The van der Waals surface area contributed by atoms with E-state index in [0.29, 0.717) is 22.4 Å². The predicted octanol–water partition coefficient (Wildman–Crippen LogP) is 5.17. The minimum atomic E-state index is -0.487. The first-order chi connectivity index (χ1) is 9.06. The monoisotopic (exact) mass is 402 g/mol. The molecular weight excluding hydrogens is 395 g/mol. The van der Waals surface area contributed by atoms with Gasteiger partial charge in [0.25, 0.3) is 5.24 Å². The summed E-state index contributed by atoms with van der Waals surface area (Å²) in [6.45, 7) is 0.451. The lowest BCUT2D eigenvalue weighted by atomic mass is 10.2. The number of benzene rings is 2. The molecule has 0 atom stereocenters. The van der Waals surface area contributed by atoms with Crippen LogP contribution in [0.15, 0.2) is 51.4 Å². The van der Waals surface area contributed by atoms with Gasteiger partial charge in [-0.15, -0.1) is 0 Å². The lowest BCUT2D eigenvalue weighted by Gasteiger charge is -2.09. The number of halogens is 3. The van der Waals surface area contributed by atoms with Crippen LogP contribution >= 0.6 is 43.5 Å². The van der Waals surface area contributed by atoms with Crippen molar-refractivity contribution in [3.8, 4) is 5.75 Å². The maximum Gasteiger partial charge on any atom is 0.252 e. The first-order valence-electron chi connectivity index (χ1n) is 5.43. The molecule has 0 spiro atoms. The number of carbonyl (C=O) groups is 1. The van der Waals surface area contributed by atoms with Gasteiger partial charge in [0.1, 0.15) is 12.4 Å². The number of hydrogen-bond acceptors (Lipinski definition) is 2. The zero-order valence-electron chi connectivity index (χ0n) is 9.70. The summed E-state index contributed by atoms with van der Waals surface area (Å²) >= 11 is 12.2. The topological polar surface area (TPSA) is 26.3 Å².